The van der Waals surface area contributed by atoms with Crippen LogP contribution in [0.5, 0.6) is 5.75 Å². The van der Waals surface area contributed by atoms with Crippen molar-refractivity contribution in [3.05, 3.63) is 22.2 Å². The SMILES string of the molecule is CCOc1ccc2c(c1)sc(=S)n2CN1CCOCC1. The fraction of sp³-hybridized carbons (Fsp3) is 0.500. The molecule has 0 N–H and O–H groups in total. The van der Waals surface area contributed by atoms with Gasteiger partial charge in [0.2, 0.25) is 0 Å². The van der Waals surface area contributed by atoms with Crippen molar-refractivity contribution in [2.75, 3.05) is 32.9 Å². The quantitative estimate of drug-likeness (QED) is 0.811. The Bertz CT molecular complexity index is 644. The maximum atomic E-state index is 5.55. The number of hydrogen-bond donors (Lipinski definition) is 0. The fourth-order valence-electron chi connectivity index (χ4n) is 2.38. The minimum atomic E-state index is 0.686. The third-order valence-electron chi connectivity index (χ3n) is 3.40. The van der Waals surface area contributed by atoms with Crippen LogP contribution in [0.3, 0.4) is 0 Å². The highest BCUT2D eigenvalue weighted by molar-refractivity contribution is 7.73. The summed E-state index contributed by atoms with van der Waals surface area (Å²) in [5.74, 6) is 0.912. The molecular weight excluding hydrogens is 292 g/mol. The summed E-state index contributed by atoms with van der Waals surface area (Å²) in [4.78, 5) is 2.38. The van der Waals surface area contributed by atoms with E-state index in [4.69, 9.17) is 21.7 Å². The highest BCUT2D eigenvalue weighted by Crippen LogP contribution is 2.27. The van der Waals surface area contributed by atoms with Gasteiger partial charge < -0.3 is 14.0 Å². The molecule has 0 spiro atoms. The van der Waals surface area contributed by atoms with Gasteiger partial charge in [0.15, 0.2) is 3.95 Å². The van der Waals surface area contributed by atoms with Gasteiger partial charge in [0.1, 0.15) is 5.75 Å². The van der Waals surface area contributed by atoms with E-state index in [-0.39, 0.29) is 0 Å². The van der Waals surface area contributed by atoms with E-state index in [1.54, 1.807) is 11.3 Å². The molecule has 0 saturated carbocycles. The van der Waals surface area contributed by atoms with E-state index in [1.165, 1.54) is 10.2 Å². The molecule has 0 atom stereocenters. The standard InChI is InChI=1S/C14H18N2O2S2/c1-2-18-11-3-4-12-13(9-11)20-14(19)16(12)10-15-5-7-17-8-6-15/h3-4,9H,2,5-8,10H2,1H3. The first-order valence-corrected chi connectivity index (χ1v) is 8.06. The Morgan fingerprint density at radius 1 is 1.35 bits per heavy atom. The molecule has 108 valence electrons. The summed E-state index contributed by atoms with van der Waals surface area (Å²) >= 11 is 7.16. The number of ether oxygens (including phenoxy) is 2. The monoisotopic (exact) mass is 310 g/mol. The zero-order valence-electron chi connectivity index (χ0n) is 11.5. The maximum Gasteiger partial charge on any atom is 0.163 e. The Labute approximate surface area is 127 Å². The number of hydrogen-bond acceptors (Lipinski definition) is 5. The van der Waals surface area contributed by atoms with Crippen molar-refractivity contribution in [1.29, 1.82) is 0 Å². The van der Waals surface area contributed by atoms with E-state index in [0.29, 0.717) is 6.61 Å². The Morgan fingerprint density at radius 3 is 2.90 bits per heavy atom. The minimum Gasteiger partial charge on any atom is -0.494 e. The van der Waals surface area contributed by atoms with Crippen molar-refractivity contribution in [2.24, 2.45) is 0 Å². The van der Waals surface area contributed by atoms with E-state index in [2.05, 4.69) is 21.6 Å². The molecule has 6 heteroatoms. The zero-order chi connectivity index (χ0) is 13.9. The van der Waals surface area contributed by atoms with Gasteiger partial charge >= 0.3 is 0 Å². The van der Waals surface area contributed by atoms with Crippen molar-refractivity contribution in [3.63, 3.8) is 0 Å². The lowest BCUT2D eigenvalue weighted by molar-refractivity contribution is 0.0241. The van der Waals surface area contributed by atoms with Gasteiger partial charge in [-0.15, -0.1) is 11.3 Å². The Morgan fingerprint density at radius 2 is 2.15 bits per heavy atom. The van der Waals surface area contributed by atoms with Crippen LogP contribution in [0.1, 0.15) is 6.92 Å². The summed E-state index contributed by atoms with van der Waals surface area (Å²) in [7, 11) is 0. The van der Waals surface area contributed by atoms with Gasteiger partial charge in [0.25, 0.3) is 0 Å². The van der Waals surface area contributed by atoms with Crippen LogP contribution in [0.4, 0.5) is 0 Å². The highest BCUT2D eigenvalue weighted by atomic mass is 32.1. The summed E-state index contributed by atoms with van der Waals surface area (Å²) in [5, 5.41) is 0. The summed E-state index contributed by atoms with van der Waals surface area (Å²) in [6.07, 6.45) is 0. The molecule has 1 aliphatic heterocycles. The second kappa shape index (κ2) is 6.22. The summed E-state index contributed by atoms with van der Waals surface area (Å²) in [5.41, 5.74) is 1.19. The van der Waals surface area contributed by atoms with E-state index in [9.17, 15) is 0 Å². The number of fused-ring (bicyclic) bond motifs is 1. The van der Waals surface area contributed by atoms with Crippen LogP contribution >= 0.6 is 23.6 Å². The fourth-order valence-corrected chi connectivity index (χ4v) is 3.72. The van der Waals surface area contributed by atoms with E-state index < -0.39 is 0 Å². The molecule has 1 saturated heterocycles. The van der Waals surface area contributed by atoms with Crippen LogP contribution in [0.25, 0.3) is 10.2 Å². The average molecular weight is 310 g/mol. The molecule has 2 heterocycles. The summed E-state index contributed by atoms with van der Waals surface area (Å²) < 4.78 is 15.2. The number of rotatable bonds is 4. The largest absolute Gasteiger partial charge is 0.494 e. The van der Waals surface area contributed by atoms with Crippen molar-refractivity contribution in [1.82, 2.24) is 9.47 Å². The first kappa shape index (κ1) is 14.0. The van der Waals surface area contributed by atoms with Gasteiger partial charge in [-0.25, -0.2) is 0 Å². The maximum absolute atomic E-state index is 5.55. The summed E-state index contributed by atoms with van der Waals surface area (Å²) in [6.45, 7) is 7.08. The predicted octanol–water partition coefficient (Wildman–Crippen LogP) is 3.12. The van der Waals surface area contributed by atoms with Gasteiger partial charge in [-0.2, -0.15) is 0 Å². The van der Waals surface area contributed by atoms with Gasteiger partial charge in [-0.3, -0.25) is 4.90 Å². The number of benzene rings is 1. The van der Waals surface area contributed by atoms with Crippen LogP contribution in [0.2, 0.25) is 0 Å². The predicted molar refractivity (Wildman–Crippen MR) is 84.2 cm³/mol. The van der Waals surface area contributed by atoms with Crippen LogP contribution in [-0.2, 0) is 11.4 Å². The second-order valence-electron chi connectivity index (χ2n) is 4.73. The average Bonchev–Trinajstić information content (AvgIpc) is 2.76. The number of thiazole rings is 1. The molecule has 1 aromatic carbocycles. The van der Waals surface area contributed by atoms with Crippen LogP contribution in [-0.4, -0.2) is 42.4 Å². The molecule has 1 aromatic heterocycles. The Balaban J connectivity index is 1.90. The topological polar surface area (TPSA) is 26.6 Å². The molecule has 1 aliphatic rings. The number of aromatic nitrogens is 1. The molecule has 0 radical (unpaired) electrons. The highest BCUT2D eigenvalue weighted by Gasteiger charge is 2.13. The molecule has 2 aromatic rings. The van der Waals surface area contributed by atoms with E-state index >= 15 is 0 Å². The molecule has 0 aliphatic carbocycles. The smallest absolute Gasteiger partial charge is 0.163 e. The molecule has 3 rings (SSSR count). The van der Waals surface area contributed by atoms with Gasteiger partial charge in [0.05, 0.1) is 36.7 Å². The van der Waals surface area contributed by atoms with E-state index in [1.807, 2.05) is 13.0 Å². The van der Waals surface area contributed by atoms with Gasteiger partial charge in [-0.05, 0) is 37.3 Å². The summed E-state index contributed by atoms with van der Waals surface area (Å²) in [6, 6.07) is 6.20. The molecule has 0 unspecified atom stereocenters. The van der Waals surface area contributed by atoms with Gasteiger partial charge in [0, 0.05) is 13.1 Å². The van der Waals surface area contributed by atoms with Crippen molar-refractivity contribution in [2.45, 2.75) is 13.6 Å². The molecule has 0 bridgehead atoms. The Kier molecular flexibility index (Phi) is 4.35. The van der Waals surface area contributed by atoms with Crippen LogP contribution in [0, 0.1) is 3.95 Å². The lowest BCUT2D eigenvalue weighted by Crippen LogP contribution is -2.37. The third-order valence-corrected chi connectivity index (χ3v) is 4.81. The molecule has 0 amide bonds. The lowest BCUT2D eigenvalue weighted by Gasteiger charge is -2.27. The first-order chi connectivity index (χ1) is 9.78. The van der Waals surface area contributed by atoms with Crippen molar-refractivity contribution >= 4 is 33.8 Å². The first-order valence-electron chi connectivity index (χ1n) is 6.84. The minimum absolute atomic E-state index is 0.686. The third kappa shape index (κ3) is 2.88. The van der Waals surface area contributed by atoms with Crippen LogP contribution in [0.15, 0.2) is 18.2 Å². The lowest BCUT2D eigenvalue weighted by atomic mass is 10.3. The number of morpholine rings is 1. The number of nitrogens with zero attached hydrogens (tertiary/aromatic N) is 2. The normalized spacial score (nSPS) is 16.6. The molecule has 1 fully saturated rings. The second-order valence-corrected chi connectivity index (χ2v) is 6.41. The van der Waals surface area contributed by atoms with Gasteiger partial charge in [-0.1, -0.05) is 0 Å². The van der Waals surface area contributed by atoms with Crippen LogP contribution < -0.4 is 4.74 Å². The zero-order valence-corrected chi connectivity index (χ0v) is 13.1. The molecule has 4 nitrogen and oxygen atoms in total. The van der Waals surface area contributed by atoms with E-state index in [0.717, 1.165) is 42.7 Å². The van der Waals surface area contributed by atoms with Crippen molar-refractivity contribution < 1.29 is 9.47 Å². The molecular formula is C14H18N2O2S2. The molecule has 20 heavy (non-hydrogen) atoms. The van der Waals surface area contributed by atoms with Crippen molar-refractivity contribution in [3.8, 4) is 5.75 Å². The Hall–Kier alpha value is -0.950.